The van der Waals surface area contributed by atoms with E-state index in [2.05, 4.69) is 65.8 Å². The molecule has 2 aromatic rings. The molecule has 0 aliphatic rings. The first-order chi connectivity index (χ1) is 11.0. The lowest BCUT2D eigenvalue weighted by Gasteiger charge is -2.09. The minimum absolute atomic E-state index is 0.0727. The van der Waals surface area contributed by atoms with Crippen LogP contribution in [0.4, 0.5) is 5.69 Å². The second-order valence-corrected chi connectivity index (χ2v) is 7.57. The van der Waals surface area contributed by atoms with Gasteiger partial charge in [-0.25, -0.2) is 0 Å². The molecule has 1 aromatic carbocycles. The highest BCUT2D eigenvalue weighted by atomic mass is 79.9. The quantitative estimate of drug-likeness (QED) is 0.616. The minimum Gasteiger partial charge on any atom is -0.324 e. The van der Waals surface area contributed by atoms with Crippen molar-refractivity contribution in [2.75, 3.05) is 11.1 Å². The third-order valence-corrected chi connectivity index (χ3v) is 5.27. The van der Waals surface area contributed by atoms with Gasteiger partial charge in [-0.1, -0.05) is 34.6 Å². The van der Waals surface area contributed by atoms with Gasteiger partial charge in [0.15, 0.2) is 5.16 Å². The zero-order valence-electron chi connectivity index (χ0n) is 13.0. The highest BCUT2D eigenvalue weighted by molar-refractivity contribution is 9.11. The van der Waals surface area contributed by atoms with E-state index in [4.69, 9.17) is 0 Å². The molecular formula is C15H18Br2N4OS. The lowest BCUT2D eigenvalue weighted by atomic mass is 10.3. The van der Waals surface area contributed by atoms with Gasteiger partial charge in [0.2, 0.25) is 5.91 Å². The van der Waals surface area contributed by atoms with Crippen molar-refractivity contribution in [1.82, 2.24) is 14.8 Å². The monoisotopic (exact) mass is 460 g/mol. The standard InChI is InChI=1S/C15H18Br2N4OS/c1-3-5-13-19-20-15(21(13)4-2)23-9-14(22)18-12-8-10(16)6-7-11(12)17/h6-8H,3-5,9H2,1-2H3,(H,18,22). The van der Waals surface area contributed by atoms with E-state index in [1.54, 1.807) is 0 Å². The maximum Gasteiger partial charge on any atom is 0.234 e. The molecule has 0 saturated carbocycles. The van der Waals surface area contributed by atoms with Crippen LogP contribution in [0.3, 0.4) is 0 Å². The Hall–Kier alpha value is -0.860. The molecule has 0 fully saturated rings. The first kappa shape index (κ1) is 18.5. The Morgan fingerprint density at radius 2 is 2.09 bits per heavy atom. The molecule has 0 unspecified atom stereocenters. The fourth-order valence-electron chi connectivity index (χ4n) is 2.06. The van der Waals surface area contributed by atoms with E-state index >= 15 is 0 Å². The molecular weight excluding hydrogens is 444 g/mol. The van der Waals surface area contributed by atoms with Crippen LogP contribution in [0.1, 0.15) is 26.1 Å². The van der Waals surface area contributed by atoms with Gasteiger partial charge in [-0.2, -0.15) is 0 Å². The number of hydrogen-bond donors (Lipinski definition) is 1. The number of amides is 1. The number of anilines is 1. The number of rotatable bonds is 7. The van der Waals surface area contributed by atoms with Crippen molar-refractivity contribution >= 4 is 55.2 Å². The summed E-state index contributed by atoms with van der Waals surface area (Å²) >= 11 is 8.23. The SMILES string of the molecule is CCCc1nnc(SCC(=O)Nc2cc(Br)ccc2Br)n1CC. The number of carbonyl (C=O) groups excluding carboxylic acids is 1. The topological polar surface area (TPSA) is 59.8 Å². The summed E-state index contributed by atoms with van der Waals surface area (Å²) in [7, 11) is 0. The summed E-state index contributed by atoms with van der Waals surface area (Å²) in [5, 5.41) is 12.1. The van der Waals surface area contributed by atoms with Gasteiger partial charge < -0.3 is 9.88 Å². The summed E-state index contributed by atoms with van der Waals surface area (Å²) in [6.07, 6.45) is 1.93. The zero-order chi connectivity index (χ0) is 16.8. The van der Waals surface area contributed by atoms with Gasteiger partial charge >= 0.3 is 0 Å². The van der Waals surface area contributed by atoms with E-state index in [1.807, 2.05) is 18.2 Å². The van der Waals surface area contributed by atoms with Gasteiger partial charge in [-0.05, 0) is 47.5 Å². The molecule has 0 spiro atoms. The summed E-state index contributed by atoms with van der Waals surface area (Å²) in [5.41, 5.74) is 0.744. The Kier molecular flexibility index (Phi) is 7.10. The van der Waals surface area contributed by atoms with Crippen molar-refractivity contribution in [3.63, 3.8) is 0 Å². The number of hydrogen-bond acceptors (Lipinski definition) is 4. The molecule has 0 bridgehead atoms. The number of thioether (sulfide) groups is 1. The third-order valence-electron chi connectivity index (χ3n) is 3.12. The Bertz CT molecular complexity index is 690. The lowest BCUT2D eigenvalue weighted by molar-refractivity contribution is -0.113. The van der Waals surface area contributed by atoms with Crippen LogP contribution in [0.2, 0.25) is 0 Å². The summed E-state index contributed by atoms with van der Waals surface area (Å²) in [5.74, 6) is 1.20. The molecule has 0 radical (unpaired) electrons. The molecule has 2 rings (SSSR count). The number of aromatic nitrogens is 3. The number of aryl methyl sites for hydroxylation is 1. The van der Waals surface area contributed by atoms with Crippen LogP contribution >= 0.6 is 43.6 Å². The van der Waals surface area contributed by atoms with Gasteiger partial charge in [-0.15, -0.1) is 10.2 Å². The third kappa shape index (κ3) is 5.06. The Morgan fingerprint density at radius 3 is 2.78 bits per heavy atom. The number of benzene rings is 1. The van der Waals surface area contributed by atoms with Crippen LogP contribution < -0.4 is 5.32 Å². The van der Waals surface area contributed by atoms with Crippen LogP contribution in [0, 0.1) is 0 Å². The van der Waals surface area contributed by atoms with Crippen LogP contribution in [0.5, 0.6) is 0 Å². The van der Waals surface area contributed by atoms with Crippen molar-refractivity contribution < 1.29 is 4.79 Å². The van der Waals surface area contributed by atoms with Crippen molar-refractivity contribution in [2.45, 2.75) is 38.4 Å². The van der Waals surface area contributed by atoms with Gasteiger partial charge in [0.05, 0.1) is 11.4 Å². The maximum absolute atomic E-state index is 12.2. The average Bonchev–Trinajstić information content (AvgIpc) is 2.91. The summed E-state index contributed by atoms with van der Waals surface area (Å²) in [6.45, 7) is 4.99. The largest absolute Gasteiger partial charge is 0.324 e. The Balaban J connectivity index is 1.98. The van der Waals surface area contributed by atoms with Crippen molar-refractivity contribution in [3.05, 3.63) is 33.0 Å². The van der Waals surface area contributed by atoms with Crippen LogP contribution in [-0.2, 0) is 17.8 Å². The summed E-state index contributed by atoms with van der Waals surface area (Å²) in [4.78, 5) is 12.2. The van der Waals surface area contributed by atoms with E-state index in [-0.39, 0.29) is 5.91 Å². The van der Waals surface area contributed by atoms with E-state index in [0.717, 1.165) is 45.0 Å². The maximum atomic E-state index is 12.2. The number of nitrogens with one attached hydrogen (secondary N) is 1. The smallest absolute Gasteiger partial charge is 0.234 e. The van der Waals surface area contributed by atoms with E-state index in [1.165, 1.54) is 11.8 Å². The first-order valence-corrected chi connectivity index (χ1v) is 9.92. The number of nitrogens with zero attached hydrogens (tertiary/aromatic N) is 3. The Morgan fingerprint density at radius 1 is 1.30 bits per heavy atom. The molecule has 1 amide bonds. The first-order valence-electron chi connectivity index (χ1n) is 7.34. The van der Waals surface area contributed by atoms with Crippen molar-refractivity contribution in [1.29, 1.82) is 0 Å². The van der Waals surface area contributed by atoms with E-state index in [0.29, 0.717) is 5.75 Å². The highest BCUT2D eigenvalue weighted by Gasteiger charge is 2.13. The molecule has 0 saturated heterocycles. The van der Waals surface area contributed by atoms with Crippen LogP contribution in [0.15, 0.2) is 32.3 Å². The molecule has 124 valence electrons. The molecule has 8 heteroatoms. The molecule has 1 aromatic heterocycles. The highest BCUT2D eigenvalue weighted by Crippen LogP contribution is 2.26. The van der Waals surface area contributed by atoms with Gasteiger partial charge in [-0.3, -0.25) is 4.79 Å². The van der Waals surface area contributed by atoms with E-state index < -0.39 is 0 Å². The lowest BCUT2D eigenvalue weighted by Crippen LogP contribution is -2.15. The second kappa shape index (κ2) is 8.84. The van der Waals surface area contributed by atoms with Crippen LogP contribution in [-0.4, -0.2) is 26.4 Å². The van der Waals surface area contributed by atoms with E-state index in [9.17, 15) is 4.79 Å². The average molecular weight is 462 g/mol. The van der Waals surface area contributed by atoms with Gasteiger partial charge in [0.25, 0.3) is 0 Å². The molecule has 0 aliphatic heterocycles. The fraction of sp³-hybridized carbons (Fsp3) is 0.400. The molecule has 23 heavy (non-hydrogen) atoms. The van der Waals surface area contributed by atoms with Crippen molar-refractivity contribution in [2.24, 2.45) is 0 Å². The number of carbonyl (C=O) groups is 1. The molecule has 1 N–H and O–H groups in total. The van der Waals surface area contributed by atoms with Crippen molar-refractivity contribution in [3.8, 4) is 0 Å². The molecule has 1 heterocycles. The molecule has 0 aliphatic carbocycles. The van der Waals surface area contributed by atoms with Gasteiger partial charge in [0, 0.05) is 21.9 Å². The fourth-order valence-corrected chi connectivity index (χ4v) is 3.59. The normalized spacial score (nSPS) is 10.8. The zero-order valence-corrected chi connectivity index (χ0v) is 17.0. The second-order valence-electron chi connectivity index (χ2n) is 4.85. The predicted molar refractivity (Wildman–Crippen MR) is 101 cm³/mol. The molecule has 0 atom stereocenters. The molecule has 5 nitrogen and oxygen atoms in total. The Labute approximate surface area is 156 Å². The summed E-state index contributed by atoms with van der Waals surface area (Å²) in [6, 6.07) is 5.66. The van der Waals surface area contributed by atoms with Crippen LogP contribution in [0.25, 0.3) is 0 Å². The number of halogens is 2. The van der Waals surface area contributed by atoms with Gasteiger partial charge in [0.1, 0.15) is 5.82 Å². The predicted octanol–water partition coefficient (Wildman–Crippen LogP) is 4.51. The minimum atomic E-state index is -0.0727. The summed E-state index contributed by atoms with van der Waals surface area (Å²) < 4.78 is 3.83.